The Bertz CT molecular complexity index is 1130. The van der Waals surface area contributed by atoms with Gasteiger partial charge in [0.2, 0.25) is 16.9 Å². The van der Waals surface area contributed by atoms with Crippen LogP contribution in [-0.2, 0) is 22.4 Å². The lowest BCUT2D eigenvalue weighted by Gasteiger charge is -2.19. The van der Waals surface area contributed by atoms with Gasteiger partial charge in [-0.2, -0.15) is 0 Å². The highest BCUT2D eigenvalue weighted by Crippen LogP contribution is 2.29. The van der Waals surface area contributed by atoms with Gasteiger partial charge in [-0.05, 0) is 49.6 Å². The smallest absolute Gasteiger partial charge is 0.231 e. The van der Waals surface area contributed by atoms with Crippen LogP contribution in [0.1, 0.15) is 28.1 Å². The summed E-state index contributed by atoms with van der Waals surface area (Å²) in [5.74, 6) is 0.198. The minimum atomic E-state index is -0.408. The summed E-state index contributed by atoms with van der Waals surface area (Å²) in [6.07, 6.45) is 1.76. The minimum Gasteiger partial charge on any atom is -0.497 e. The zero-order valence-corrected chi connectivity index (χ0v) is 19.2. The second kappa shape index (κ2) is 9.48. The number of hydrogen-bond donors (Lipinski definition) is 1. The molecule has 0 spiro atoms. The van der Waals surface area contributed by atoms with E-state index in [0.29, 0.717) is 11.7 Å². The van der Waals surface area contributed by atoms with E-state index in [4.69, 9.17) is 4.74 Å². The molecule has 2 aromatic carbocycles. The van der Waals surface area contributed by atoms with E-state index in [1.165, 1.54) is 16.9 Å². The predicted molar refractivity (Wildman–Crippen MR) is 125 cm³/mol. The molecule has 1 aliphatic heterocycles. The molecule has 2 heterocycles. The van der Waals surface area contributed by atoms with Crippen molar-refractivity contribution in [2.45, 2.75) is 33.1 Å². The number of aryl methyl sites for hydroxylation is 4. The van der Waals surface area contributed by atoms with Crippen molar-refractivity contribution in [1.29, 1.82) is 0 Å². The fourth-order valence-corrected chi connectivity index (χ4v) is 4.62. The first-order valence-electron chi connectivity index (χ1n) is 10.6. The number of nitrogens with one attached hydrogen (secondary N) is 1. The Hall–Kier alpha value is -3.26. The largest absolute Gasteiger partial charge is 0.497 e. The van der Waals surface area contributed by atoms with Gasteiger partial charge in [0.15, 0.2) is 0 Å². The Labute approximate surface area is 191 Å². The standard InChI is InChI=1S/C24H26N4O3S/c1-15-4-10-20(16(2)12-15)28-14-18(13-22(28)29)23(30)25-24-27-26-21(32-24)11-7-17-5-8-19(31-3)9-6-17/h4-6,8-10,12,18H,7,11,13-14H2,1-3H3,(H,25,27,30). The Morgan fingerprint density at radius 2 is 1.94 bits per heavy atom. The van der Waals surface area contributed by atoms with Gasteiger partial charge < -0.3 is 15.0 Å². The first-order valence-corrected chi connectivity index (χ1v) is 11.4. The van der Waals surface area contributed by atoms with Crippen LogP contribution in [0.2, 0.25) is 0 Å². The van der Waals surface area contributed by atoms with Gasteiger partial charge in [-0.3, -0.25) is 9.59 Å². The van der Waals surface area contributed by atoms with Crippen LogP contribution in [0.5, 0.6) is 5.75 Å². The maximum atomic E-state index is 12.8. The van der Waals surface area contributed by atoms with E-state index in [-0.39, 0.29) is 18.2 Å². The molecule has 8 heteroatoms. The molecule has 7 nitrogen and oxygen atoms in total. The molecule has 166 valence electrons. The van der Waals surface area contributed by atoms with Gasteiger partial charge in [-0.1, -0.05) is 41.2 Å². The Balaban J connectivity index is 1.33. The second-order valence-electron chi connectivity index (χ2n) is 8.03. The molecule has 1 aromatic heterocycles. The Morgan fingerprint density at radius 3 is 2.66 bits per heavy atom. The highest BCUT2D eigenvalue weighted by Gasteiger charge is 2.36. The SMILES string of the molecule is COc1ccc(CCc2nnc(NC(=O)C3CC(=O)N(c4ccc(C)cc4C)C3)s2)cc1. The number of carbonyl (C=O) groups excluding carboxylic acids is 2. The molecule has 1 atom stereocenters. The Kier molecular flexibility index (Phi) is 6.50. The number of amides is 2. The van der Waals surface area contributed by atoms with Crippen LogP contribution in [0.4, 0.5) is 10.8 Å². The molecule has 0 radical (unpaired) electrons. The molecule has 4 rings (SSSR count). The number of benzene rings is 2. The number of nitrogens with zero attached hydrogens (tertiary/aromatic N) is 3. The third kappa shape index (κ3) is 4.96. The maximum absolute atomic E-state index is 12.8. The van der Waals surface area contributed by atoms with E-state index < -0.39 is 5.92 Å². The van der Waals surface area contributed by atoms with Crippen molar-refractivity contribution in [2.24, 2.45) is 5.92 Å². The minimum absolute atomic E-state index is 0.0328. The second-order valence-corrected chi connectivity index (χ2v) is 9.10. The summed E-state index contributed by atoms with van der Waals surface area (Å²) in [5, 5.41) is 12.5. The normalized spacial score (nSPS) is 15.8. The van der Waals surface area contributed by atoms with Gasteiger partial charge in [0.05, 0.1) is 13.0 Å². The van der Waals surface area contributed by atoms with Gasteiger partial charge in [0.1, 0.15) is 10.8 Å². The number of methoxy groups -OCH3 is 1. The molecular formula is C24H26N4O3S. The van der Waals surface area contributed by atoms with E-state index in [0.717, 1.165) is 40.4 Å². The van der Waals surface area contributed by atoms with Crippen molar-refractivity contribution in [1.82, 2.24) is 10.2 Å². The summed E-state index contributed by atoms with van der Waals surface area (Å²) in [6, 6.07) is 13.9. The van der Waals surface area contributed by atoms with Crippen LogP contribution >= 0.6 is 11.3 Å². The Morgan fingerprint density at radius 1 is 1.16 bits per heavy atom. The summed E-state index contributed by atoms with van der Waals surface area (Å²) in [6.45, 7) is 4.38. The molecule has 1 aliphatic rings. The van der Waals surface area contributed by atoms with Crippen LogP contribution in [0.3, 0.4) is 0 Å². The molecule has 1 unspecified atom stereocenters. The topological polar surface area (TPSA) is 84.4 Å². The zero-order valence-electron chi connectivity index (χ0n) is 18.4. The van der Waals surface area contributed by atoms with Gasteiger partial charge in [-0.15, -0.1) is 10.2 Å². The first-order chi connectivity index (χ1) is 15.4. The number of ether oxygens (including phenoxy) is 1. The van der Waals surface area contributed by atoms with Crippen molar-refractivity contribution in [3.8, 4) is 5.75 Å². The van der Waals surface area contributed by atoms with Crippen molar-refractivity contribution >= 4 is 34.0 Å². The first kappa shape index (κ1) is 22.0. The lowest BCUT2D eigenvalue weighted by atomic mass is 10.1. The number of anilines is 2. The van der Waals surface area contributed by atoms with E-state index in [1.807, 2.05) is 56.3 Å². The molecular weight excluding hydrogens is 424 g/mol. The third-order valence-electron chi connectivity index (χ3n) is 5.62. The molecule has 1 fully saturated rings. The van der Waals surface area contributed by atoms with Crippen molar-refractivity contribution in [2.75, 3.05) is 23.9 Å². The summed E-state index contributed by atoms with van der Waals surface area (Å²) in [5.41, 5.74) is 4.23. The monoisotopic (exact) mass is 450 g/mol. The molecule has 32 heavy (non-hydrogen) atoms. The molecule has 1 N–H and O–H groups in total. The molecule has 0 aliphatic carbocycles. The summed E-state index contributed by atoms with van der Waals surface area (Å²) in [4.78, 5) is 27.0. The van der Waals surface area contributed by atoms with E-state index in [1.54, 1.807) is 12.0 Å². The van der Waals surface area contributed by atoms with E-state index in [9.17, 15) is 9.59 Å². The summed E-state index contributed by atoms with van der Waals surface area (Å²) >= 11 is 1.37. The average Bonchev–Trinajstić information content (AvgIpc) is 3.39. The van der Waals surface area contributed by atoms with Gasteiger partial charge in [-0.25, -0.2) is 0 Å². The molecule has 0 saturated carbocycles. The van der Waals surface area contributed by atoms with Gasteiger partial charge >= 0.3 is 0 Å². The van der Waals surface area contributed by atoms with Gasteiger partial charge in [0.25, 0.3) is 0 Å². The van der Waals surface area contributed by atoms with Crippen molar-refractivity contribution < 1.29 is 14.3 Å². The van der Waals surface area contributed by atoms with Crippen molar-refractivity contribution in [3.63, 3.8) is 0 Å². The van der Waals surface area contributed by atoms with Crippen LogP contribution in [0.25, 0.3) is 0 Å². The number of hydrogen-bond acceptors (Lipinski definition) is 6. The molecule has 1 saturated heterocycles. The fraction of sp³-hybridized carbons (Fsp3) is 0.333. The number of aromatic nitrogens is 2. The van der Waals surface area contributed by atoms with Crippen LogP contribution in [0, 0.1) is 19.8 Å². The van der Waals surface area contributed by atoms with Crippen molar-refractivity contribution in [3.05, 3.63) is 64.2 Å². The predicted octanol–water partition coefficient (Wildman–Crippen LogP) is 3.94. The number of rotatable bonds is 7. The highest BCUT2D eigenvalue weighted by atomic mass is 32.1. The lowest BCUT2D eigenvalue weighted by molar-refractivity contribution is -0.122. The lowest BCUT2D eigenvalue weighted by Crippen LogP contribution is -2.28. The molecule has 2 amide bonds. The summed E-state index contributed by atoms with van der Waals surface area (Å²) < 4.78 is 5.18. The zero-order chi connectivity index (χ0) is 22.7. The quantitative estimate of drug-likeness (QED) is 0.589. The van der Waals surface area contributed by atoms with Crippen LogP contribution in [-0.4, -0.2) is 35.7 Å². The summed E-state index contributed by atoms with van der Waals surface area (Å²) in [7, 11) is 1.65. The van der Waals surface area contributed by atoms with Crippen LogP contribution in [0.15, 0.2) is 42.5 Å². The average molecular weight is 451 g/mol. The van der Waals surface area contributed by atoms with E-state index in [2.05, 4.69) is 15.5 Å². The fourth-order valence-electron chi connectivity index (χ4n) is 3.88. The molecule has 0 bridgehead atoms. The van der Waals surface area contributed by atoms with Crippen LogP contribution < -0.4 is 15.0 Å². The van der Waals surface area contributed by atoms with E-state index >= 15 is 0 Å². The highest BCUT2D eigenvalue weighted by molar-refractivity contribution is 7.15. The molecule has 3 aromatic rings. The maximum Gasteiger partial charge on any atom is 0.231 e. The number of carbonyl (C=O) groups is 2. The third-order valence-corrected chi connectivity index (χ3v) is 6.52. The van der Waals surface area contributed by atoms with Gasteiger partial charge in [0, 0.05) is 25.1 Å².